The van der Waals surface area contributed by atoms with E-state index in [4.69, 9.17) is 9.47 Å². The predicted molar refractivity (Wildman–Crippen MR) is 102 cm³/mol. The molecule has 1 saturated carbocycles. The molecule has 1 aliphatic carbocycles. The summed E-state index contributed by atoms with van der Waals surface area (Å²) < 4.78 is 11.3. The van der Waals surface area contributed by atoms with Gasteiger partial charge in [0.25, 0.3) is 0 Å². The monoisotopic (exact) mass is 367 g/mol. The highest BCUT2D eigenvalue weighted by Gasteiger charge is 2.38. The van der Waals surface area contributed by atoms with Crippen molar-refractivity contribution in [2.75, 3.05) is 59.6 Å². The van der Waals surface area contributed by atoms with Gasteiger partial charge in [-0.1, -0.05) is 19.3 Å². The summed E-state index contributed by atoms with van der Waals surface area (Å²) in [6, 6.07) is 0. The number of morpholine rings is 1. The van der Waals surface area contributed by atoms with E-state index in [9.17, 15) is 4.79 Å². The number of hydrogen-bond donors (Lipinski definition) is 1. The van der Waals surface area contributed by atoms with Crippen molar-refractivity contribution in [3.63, 3.8) is 0 Å². The number of amides is 1. The van der Waals surface area contributed by atoms with E-state index in [-0.39, 0.29) is 11.4 Å². The zero-order valence-electron chi connectivity index (χ0n) is 16.5. The van der Waals surface area contributed by atoms with Crippen molar-refractivity contribution in [1.82, 2.24) is 15.1 Å². The number of rotatable bonds is 7. The third-order valence-corrected chi connectivity index (χ3v) is 6.28. The van der Waals surface area contributed by atoms with Crippen molar-refractivity contribution in [3.8, 4) is 0 Å². The normalized spacial score (nSPS) is 27.4. The van der Waals surface area contributed by atoms with Crippen LogP contribution in [0.4, 0.5) is 0 Å². The minimum absolute atomic E-state index is 0.140. The van der Waals surface area contributed by atoms with Crippen LogP contribution < -0.4 is 5.32 Å². The zero-order chi connectivity index (χ0) is 18.2. The van der Waals surface area contributed by atoms with Crippen molar-refractivity contribution < 1.29 is 14.3 Å². The van der Waals surface area contributed by atoms with E-state index in [1.807, 2.05) is 7.05 Å². The van der Waals surface area contributed by atoms with Crippen LogP contribution in [0, 0.1) is 0 Å². The Kier molecular flexibility index (Phi) is 7.73. The second-order valence-electron chi connectivity index (χ2n) is 8.35. The van der Waals surface area contributed by atoms with Gasteiger partial charge >= 0.3 is 0 Å². The topological polar surface area (TPSA) is 54.0 Å². The van der Waals surface area contributed by atoms with E-state index in [0.717, 1.165) is 52.4 Å². The maximum absolute atomic E-state index is 12.5. The summed E-state index contributed by atoms with van der Waals surface area (Å²) in [5.41, 5.74) is 0.142. The first kappa shape index (κ1) is 20.1. The van der Waals surface area contributed by atoms with E-state index in [1.54, 1.807) is 0 Å². The van der Waals surface area contributed by atoms with Gasteiger partial charge in [-0.05, 0) is 39.2 Å². The van der Waals surface area contributed by atoms with Gasteiger partial charge in [0, 0.05) is 38.3 Å². The highest BCUT2D eigenvalue weighted by atomic mass is 16.5. The Hall–Kier alpha value is -0.690. The number of nitrogens with zero attached hydrogens (tertiary/aromatic N) is 2. The van der Waals surface area contributed by atoms with Gasteiger partial charge in [-0.3, -0.25) is 14.6 Å². The molecule has 0 aromatic carbocycles. The van der Waals surface area contributed by atoms with Gasteiger partial charge in [-0.25, -0.2) is 0 Å². The maximum atomic E-state index is 12.5. The fourth-order valence-corrected chi connectivity index (χ4v) is 4.78. The van der Waals surface area contributed by atoms with Crippen LogP contribution in [0.15, 0.2) is 0 Å². The van der Waals surface area contributed by atoms with Gasteiger partial charge in [0.05, 0.1) is 25.9 Å². The average Bonchev–Trinajstić information content (AvgIpc) is 2.68. The summed E-state index contributed by atoms with van der Waals surface area (Å²) in [6.07, 6.45) is 10.1. The molecule has 150 valence electrons. The third kappa shape index (κ3) is 5.65. The molecule has 0 radical (unpaired) electrons. The Morgan fingerprint density at radius 1 is 1.12 bits per heavy atom. The molecule has 26 heavy (non-hydrogen) atoms. The number of carbonyl (C=O) groups is 1. The molecule has 1 atom stereocenters. The highest BCUT2D eigenvalue weighted by molar-refractivity contribution is 5.78. The first-order chi connectivity index (χ1) is 12.7. The fraction of sp³-hybridized carbons (Fsp3) is 0.950. The van der Waals surface area contributed by atoms with E-state index >= 15 is 0 Å². The minimum Gasteiger partial charge on any atom is -0.379 e. The molecule has 0 aromatic heterocycles. The second-order valence-corrected chi connectivity index (χ2v) is 8.35. The third-order valence-electron chi connectivity index (χ3n) is 6.28. The number of carbonyl (C=O) groups excluding carboxylic acids is 1. The standard InChI is InChI=1S/C20H37N3O3/c1-22(15-18-7-3-6-12-26-18)16-19(24)21-17-20(8-4-2-5-9-20)23-10-13-25-14-11-23/h18H,2-17H2,1H3,(H,21,24). The summed E-state index contributed by atoms with van der Waals surface area (Å²) in [5, 5.41) is 3.25. The fourth-order valence-electron chi connectivity index (χ4n) is 4.78. The van der Waals surface area contributed by atoms with Crippen LogP contribution in [0.5, 0.6) is 0 Å². The van der Waals surface area contributed by atoms with Crippen molar-refractivity contribution in [3.05, 3.63) is 0 Å². The van der Waals surface area contributed by atoms with Crippen LogP contribution in [0.25, 0.3) is 0 Å². The van der Waals surface area contributed by atoms with Crippen LogP contribution >= 0.6 is 0 Å². The first-order valence-corrected chi connectivity index (χ1v) is 10.6. The van der Waals surface area contributed by atoms with Crippen LogP contribution in [-0.2, 0) is 14.3 Å². The minimum atomic E-state index is 0.140. The summed E-state index contributed by atoms with van der Waals surface area (Å²) in [5.74, 6) is 0.140. The van der Waals surface area contributed by atoms with E-state index < -0.39 is 0 Å². The van der Waals surface area contributed by atoms with Crippen LogP contribution in [0.2, 0.25) is 0 Å². The van der Waals surface area contributed by atoms with E-state index in [2.05, 4.69) is 15.1 Å². The lowest BCUT2D eigenvalue weighted by molar-refractivity contribution is -0.123. The Labute approximate surface area is 158 Å². The molecule has 2 heterocycles. The lowest BCUT2D eigenvalue weighted by Gasteiger charge is -2.48. The molecule has 3 rings (SSSR count). The molecule has 1 unspecified atom stereocenters. The van der Waals surface area contributed by atoms with Crippen LogP contribution in [-0.4, -0.2) is 86.9 Å². The summed E-state index contributed by atoms with van der Waals surface area (Å²) in [7, 11) is 2.02. The van der Waals surface area contributed by atoms with E-state index in [0.29, 0.717) is 12.6 Å². The van der Waals surface area contributed by atoms with Crippen LogP contribution in [0.3, 0.4) is 0 Å². The molecule has 3 fully saturated rings. The van der Waals surface area contributed by atoms with Gasteiger partial charge in [0.1, 0.15) is 0 Å². The van der Waals surface area contributed by atoms with Crippen molar-refractivity contribution in [2.45, 2.75) is 63.0 Å². The molecule has 1 N–H and O–H groups in total. The molecular formula is C20H37N3O3. The van der Waals surface area contributed by atoms with Crippen molar-refractivity contribution in [2.24, 2.45) is 0 Å². The van der Waals surface area contributed by atoms with Gasteiger partial charge in [-0.2, -0.15) is 0 Å². The molecule has 0 bridgehead atoms. The second kappa shape index (κ2) is 10.0. The van der Waals surface area contributed by atoms with Gasteiger partial charge in [-0.15, -0.1) is 0 Å². The SMILES string of the molecule is CN(CC(=O)NCC1(N2CCOCC2)CCCCC1)CC1CCCCO1. The largest absolute Gasteiger partial charge is 0.379 e. The zero-order valence-corrected chi connectivity index (χ0v) is 16.5. The smallest absolute Gasteiger partial charge is 0.234 e. The van der Waals surface area contributed by atoms with Gasteiger partial charge in [0.2, 0.25) is 5.91 Å². The molecule has 6 nitrogen and oxygen atoms in total. The average molecular weight is 368 g/mol. The van der Waals surface area contributed by atoms with E-state index in [1.165, 1.54) is 44.9 Å². The van der Waals surface area contributed by atoms with Crippen LogP contribution in [0.1, 0.15) is 51.4 Å². The number of likely N-dealkylation sites (N-methyl/N-ethyl adjacent to an activating group) is 1. The summed E-state index contributed by atoms with van der Waals surface area (Å²) >= 11 is 0. The molecule has 6 heteroatoms. The van der Waals surface area contributed by atoms with Gasteiger partial charge < -0.3 is 14.8 Å². The molecular weight excluding hydrogens is 330 g/mol. The maximum Gasteiger partial charge on any atom is 0.234 e. The lowest BCUT2D eigenvalue weighted by Crippen LogP contribution is -2.60. The highest BCUT2D eigenvalue weighted by Crippen LogP contribution is 2.33. The molecule has 0 spiro atoms. The van der Waals surface area contributed by atoms with Crippen molar-refractivity contribution >= 4 is 5.91 Å². The Balaban J connectivity index is 1.45. The number of hydrogen-bond acceptors (Lipinski definition) is 5. The Morgan fingerprint density at radius 2 is 1.88 bits per heavy atom. The quantitative estimate of drug-likeness (QED) is 0.741. The molecule has 3 aliphatic rings. The van der Waals surface area contributed by atoms with Crippen molar-refractivity contribution in [1.29, 1.82) is 0 Å². The lowest BCUT2D eigenvalue weighted by atomic mass is 9.79. The molecule has 0 aromatic rings. The Bertz CT molecular complexity index is 428. The number of nitrogens with one attached hydrogen (secondary N) is 1. The van der Waals surface area contributed by atoms with Gasteiger partial charge in [0.15, 0.2) is 0 Å². The number of ether oxygens (including phenoxy) is 2. The first-order valence-electron chi connectivity index (χ1n) is 10.6. The summed E-state index contributed by atoms with van der Waals surface area (Å²) in [6.45, 7) is 6.58. The molecule has 2 saturated heterocycles. The molecule has 1 amide bonds. The summed E-state index contributed by atoms with van der Waals surface area (Å²) in [4.78, 5) is 17.2. The predicted octanol–water partition coefficient (Wildman–Crippen LogP) is 1.64. The molecule has 2 aliphatic heterocycles. The Morgan fingerprint density at radius 3 is 2.58 bits per heavy atom.